The van der Waals surface area contributed by atoms with Crippen molar-refractivity contribution in [2.75, 3.05) is 21.3 Å². The predicted octanol–water partition coefficient (Wildman–Crippen LogP) is 4.31. The average molecular weight is 419 g/mol. The van der Waals surface area contributed by atoms with Gasteiger partial charge in [0.05, 0.1) is 26.9 Å². The molecule has 0 N–H and O–H groups in total. The number of hydrogen-bond acceptors (Lipinski definition) is 7. The molecular weight excluding hydrogens is 398 g/mol. The van der Waals surface area contributed by atoms with Crippen LogP contribution < -0.4 is 9.47 Å². The molecule has 0 atom stereocenters. The van der Waals surface area contributed by atoms with E-state index in [4.69, 9.17) is 18.6 Å². The highest BCUT2D eigenvalue weighted by atomic mass is 16.5. The standard InChI is InChI=1S/C23H21N3O5/c1-14-11-12-19(31-14)22-25-24-21(15-7-5-8-16(13-15)23(27)30-4)26(22)20-17(28-2)9-6-10-18(20)29-3/h5-13H,1-4H3. The molecule has 0 spiro atoms. The van der Waals surface area contributed by atoms with E-state index >= 15 is 0 Å². The Morgan fingerprint density at radius 1 is 0.903 bits per heavy atom. The molecule has 0 amide bonds. The van der Waals surface area contributed by atoms with E-state index in [1.165, 1.54) is 7.11 Å². The van der Waals surface area contributed by atoms with Gasteiger partial charge in [-0.15, -0.1) is 10.2 Å². The van der Waals surface area contributed by atoms with Gasteiger partial charge in [0, 0.05) is 5.56 Å². The minimum absolute atomic E-state index is 0.400. The second-order valence-electron chi connectivity index (χ2n) is 6.68. The van der Waals surface area contributed by atoms with Crippen LogP contribution in [0.2, 0.25) is 0 Å². The second kappa shape index (κ2) is 8.35. The summed E-state index contributed by atoms with van der Waals surface area (Å²) < 4.78 is 23.7. The van der Waals surface area contributed by atoms with Gasteiger partial charge in [-0.2, -0.15) is 0 Å². The molecule has 2 heterocycles. The Kier molecular flexibility index (Phi) is 5.44. The summed E-state index contributed by atoms with van der Waals surface area (Å²) in [6.45, 7) is 1.86. The van der Waals surface area contributed by atoms with E-state index in [9.17, 15) is 4.79 Å². The molecule has 0 aliphatic heterocycles. The Labute approximate surface area is 179 Å². The quantitative estimate of drug-likeness (QED) is 0.430. The van der Waals surface area contributed by atoms with E-state index in [2.05, 4.69) is 10.2 Å². The van der Waals surface area contributed by atoms with Crippen molar-refractivity contribution in [1.29, 1.82) is 0 Å². The monoisotopic (exact) mass is 419 g/mol. The Bertz CT molecular complexity index is 1220. The zero-order valence-corrected chi connectivity index (χ0v) is 17.6. The largest absolute Gasteiger partial charge is 0.494 e. The van der Waals surface area contributed by atoms with Gasteiger partial charge in [0.15, 0.2) is 11.6 Å². The molecule has 31 heavy (non-hydrogen) atoms. The SMILES string of the molecule is COC(=O)c1cccc(-c2nnc(-c3ccc(C)o3)n2-c2c(OC)cccc2OC)c1. The molecule has 0 fully saturated rings. The summed E-state index contributed by atoms with van der Waals surface area (Å²) in [6.07, 6.45) is 0. The minimum atomic E-state index is -0.440. The maximum atomic E-state index is 12.1. The number of carbonyl (C=O) groups excluding carboxylic acids is 1. The summed E-state index contributed by atoms with van der Waals surface area (Å²) in [4.78, 5) is 12.1. The summed E-state index contributed by atoms with van der Waals surface area (Å²) >= 11 is 0. The van der Waals surface area contributed by atoms with Gasteiger partial charge in [-0.05, 0) is 43.3 Å². The normalized spacial score (nSPS) is 10.7. The highest BCUT2D eigenvalue weighted by molar-refractivity contribution is 5.90. The summed E-state index contributed by atoms with van der Waals surface area (Å²) in [5.41, 5.74) is 1.68. The van der Waals surface area contributed by atoms with Crippen molar-refractivity contribution in [3.63, 3.8) is 0 Å². The van der Waals surface area contributed by atoms with Crippen molar-refractivity contribution in [1.82, 2.24) is 14.8 Å². The lowest BCUT2D eigenvalue weighted by atomic mass is 10.1. The third kappa shape index (κ3) is 3.63. The first-order chi connectivity index (χ1) is 15.1. The van der Waals surface area contributed by atoms with Gasteiger partial charge in [-0.25, -0.2) is 4.79 Å². The van der Waals surface area contributed by atoms with E-state index in [1.807, 2.05) is 43.3 Å². The van der Waals surface area contributed by atoms with Crippen LogP contribution in [0.3, 0.4) is 0 Å². The van der Waals surface area contributed by atoms with Crippen LogP contribution in [0, 0.1) is 6.92 Å². The second-order valence-corrected chi connectivity index (χ2v) is 6.68. The molecule has 2 aromatic carbocycles. The van der Waals surface area contributed by atoms with E-state index in [-0.39, 0.29) is 0 Å². The van der Waals surface area contributed by atoms with Crippen LogP contribution in [-0.2, 0) is 4.74 Å². The van der Waals surface area contributed by atoms with Gasteiger partial charge in [0.2, 0.25) is 5.82 Å². The fraction of sp³-hybridized carbons (Fsp3) is 0.174. The molecule has 0 aliphatic carbocycles. The fourth-order valence-electron chi connectivity index (χ4n) is 3.35. The molecule has 0 unspecified atom stereocenters. The molecule has 8 nitrogen and oxygen atoms in total. The molecule has 0 bridgehead atoms. The van der Waals surface area contributed by atoms with E-state index < -0.39 is 5.97 Å². The highest BCUT2D eigenvalue weighted by Gasteiger charge is 2.25. The average Bonchev–Trinajstić information content (AvgIpc) is 3.44. The first kappa shape index (κ1) is 20.2. The number of benzene rings is 2. The van der Waals surface area contributed by atoms with Gasteiger partial charge in [0.25, 0.3) is 0 Å². The maximum Gasteiger partial charge on any atom is 0.337 e. The number of esters is 1. The number of methoxy groups -OCH3 is 3. The van der Waals surface area contributed by atoms with Crippen LogP contribution in [-0.4, -0.2) is 42.1 Å². The third-order valence-corrected chi connectivity index (χ3v) is 4.79. The number of rotatable bonds is 6. The number of nitrogens with zero attached hydrogens (tertiary/aromatic N) is 3. The Morgan fingerprint density at radius 3 is 2.19 bits per heavy atom. The Morgan fingerprint density at radius 2 is 1.58 bits per heavy atom. The molecule has 0 saturated heterocycles. The molecular formula is C23H21N3O5. The molecule has 0 aliphatic rings. The molecule has 158 valence electrons. The van der Waals surface area contributed by atoms with E-state index in [0.717, 1.165) is 5.76 Å². The molecule has 4 rings (SSSR count). The lowest BCUT2D eigenvalue weighted by Crippen LogP contribution is -2.06. The van der Waals surface area contributed by atoms with Crippen molar-refractivity contribution < 1.29 is 23.4 Å². The summed E-state index contributed by atoms with van der Waals surface area (Å²) in [5, 5.41) is 8.81. The van der Waals surface area contributed by atoms with Crippen LogP contribution in [0.4, 0.5) is 0 Å². The first-order valence-corrected chi connectivity index (χ1v) is 9.49. The van der Waals surface area contributed by atoms with Crippen LogP contribution in [0.25, 0.3) is 28.7 Å². The van der Waals surface area contributed by atoms with Crippen LogP contribution >= 0.6 is 0 Å². The van der Waals surface area contributed by atoms with Crippen molar-refractivity contribution >= 4 is 5.97 Å². The zero-order chi connectivity index (χ0) is 22.0. The maximum absolute atomic E-state index is 12.1. The predicted molar refractivity (Wildman–Crippen MR) is 114 cm³/mol. The number of ether oxygens (including phenoxy) is 3. The Hall–Kier alpha value is -4.07. The molecule has 2 aromatic heterocycles. The van der Waals surface area contributed by atoms with Crippen molar-refractivity contribution in [3.8, 4) is 40.2 Å². The van der Waals surface area contributed by atoms with E-state index in [0.29, 0.717) is 45.7 Å². The summed E-state index contributed by atoms with van der Waals surface area (Å²) in [7, 11) is 4.50. The number of aryl methyl sites for hydroxylation is 1. The smallest absolute Gasteiger partial charge is 0.337 e. The topological polar surface area (TPSA) is 88.6 Å². The molecule has 8 heteroatoms. The van der Waals surface area contributed by atoms with Crippen molar-refractivity contribution in [2.45, 2.75) is 6.92 Å². The van der Waals surface area contributed by atoms with Gasteiger partial charge in [-0.1, -0.05) is 18.2 Å². The number of carbonyl (C=O) groups is 1. The first-order valence-electron chi connectivity index (χ1n) is 9.49. The van der Waals surface area contributed by atoms with Gasteiger partial charge in [0.1, 0.15) is 22.9 Å². The van der Waals surface area contributed by atoms with Gasteiger partial charge < -0.3 is 18.6 Å². The highest BCUT2D eigenvalue weighted by Crippen LogP contribution is 2.39. The molecule has 0 saturated carbocycles. The Balaban J connectivity index is 2.02. The van der Waals surface area contributed by atoms with Crippen LogP contribution in [0.15, 0.2) is 59.0 Å². The number of para-hydroxylation sites is 1. The van der Waals surface area contributed by atoms with Crippen molar-refractivity contribution in [2.24, 2.45) is 0 Å². The molecule has 0 radical (unpaired) electrons. The summed E-state index contributed by atoms with van der Waals surface area (Å²) in [6, 6.07) is 16.1. The lowest BCUT2D eigenvalue weighted by molar-refractivity contribution is 0.0601. The zero-order valence-electron chi connectivity index (χ0n) is 17.6. The number of hydrogen-bond donors (Lipinski definition) is 0. The van der Waals surface area contributed by atoms with E-state index in [1.54, 1.807) is 37.0 Å². The van der Waals surface area contributed by atoms with Crippen LogP contribution in [0.5, 0.6) is 11.5 Å². The van der Waals surface area contributed by atoms with Crippen molar-refractivity contribution in [3.05, 3.63) is 65.9 Å². The third-order valence-electron chi connectivity index (χ3n) is 4.79. The minimum Gasteiger partial charge on any atom is -0.494 e. The molecule has 4 aromatic rings. The van der Waals surface area contributed by atoms with Gasteiger partial charge in [-0.3, -0.25) is 4.57 Å². The van der Waals surface area contributed by atoms with Crippen LogP contribution in [0.1, 0.15) is 16.1 Å². The van der Waals surface area contributed by atoms with Gasteiger partial charge >= 0.3 is 5.97 Å². The number of furan rings is 1. The summed E-state index contributed by atoms with van der Waals surface area (Å²) in [5.74, 6) is 2.92. The fourth-order valence-corrected chi connectivity index (χ4v) is 3.35. The number of aromatic nitrogens is 3. The lowest BCUT2D eigenvalue weighted by Gasteiger charge is -2.17.